The van der Waals surface area contributed by atoms with E-state index in [1.165, 1.54) is 0 Å². The zero-order valence-corrected chi connectivity index (χ0v) is 6.77. The van der Waals surface area contributed by atoms with Crippen LogP contribution in [-0.4, -0.2) is 5.78 Å². The molecule has 2 heteroatoms. The Labute approximate surface area is 61.8 Å². The first kappa shape index (κ1) is 9.16. The average molecular weight is 139 g/mol. The Morgan fingerprint density at radius 1 is 1.60 bits per heavy atom. The summed E-state index contributed by atoms with van der Waals surface area (Å²) in [7, 11) is 0. The Hall–Kier alpha value is -0.840. The molecule has 0 bridgehead atoms. The maximum atomic E-state index is 11.1. The normalized spacial score (nSPS) is 10.6. The van der Waals surface area contributed by atoms with Crippen molar-refractivity contribution in [1.82, 2.24) is 0 Å². The maximum Gasteiger partial charge on any atom is 0.152 e. The third-order valence-electron chi connectivity index (χ3n) is 1.45. The van der Waals surface area contributed by atoms with Crippen LogP contribution in [0, 0.1) is 16.7 Å². The van der Waals surface area contributed by atoms with Gasteiger partial charge in [-0.05, 0) is 20.3 Å². The van der Waals surface area contributed by atoms with Crippen LogP contribution in [0.5, 0.6) is 0 Å². The summed E-state index contributed by atoms with van der Waals surface area (Å²) < 4.78 is 0. The summed E-state index contributed by atoms with van der Waals surface area (Å²) in [5, 5.41) is 8.52. The highest BCUT2D eigenvalue weighted by molar-refractivity contribution is 5.86. The van der Waals surface area contributed by atoms with Gasteiger partial charge < -0.3 is 0 Å². The molecule has 0 spiro atoms. The second-order valence-corrected chi connectivity index (χ2v) is 2.91. The second-order valence-electron chi connectivity index (χ2n) is 2.91. The first-order chi connectivity index (χ1) is 4.54. The lowest BCUT2D eigenvalue weighted by atomic mass is 9.88. The zero-order chi connectivity index (χ0) is 8.20. The third-order valence-corrected chi connectivity index (χ3v) is 1.45. The fourth-order valence-corrected chi connectivity index (χ4v) is 0.602. The quantitative estimate of drug-likeness (QED) is 0.599. The summed E-state index contributed by atoms with van der Waals surface area (Å²) in [5.41, 5.74) is -0.782. The van der Waals surface area contributed by atoms with Gasteiger partial charge in [0.2, 0.25) is 0 Å². The number of nitrogens with zero attached hydrogens (tertiary/aromatic N) is 1. The van der Waals surface area contributed by atoms with Crippen LogP contribution in [0.1, 0.15) is 33.6 Å². The van der Waals surface area contributed by atoms with Crippen LogP contribution in [-0.2, 0) is 4.79 Å². The molecule has 0 aliphatic carbocycles. The molecule has 0 saturated heterocycles. The van der Waals surface area contributed by atoms with Gasteiger partial charge in [0.1, 0.15) is 5.41 Å². The minimum atomic E-state index is -0.782. The molecule has 0 unspecified atom stereocenters. The van der Waals surface area contributed by atoms with Gasteiger partial charge in [0.05, 0.1) is 6.07 Å². The Balaban J connectivity index is 4.09. The minimum Gasteiger partial charge on any atom is -0.298 e. The SMILES string of the molecule is CCCC(=O)C(C)(C)C#N. The molecule has 0 radical (unpaired) electrons. The van der Waals surface area contributed by atoms with E-state index in [1.54, 1.807) is 13.8 Å². The lowest BCUT2D eigenvalue weighted by Crippen LogP contribution is -2.21. The molecule has 0 rings (SSSR count). The number of nitriles is 1. The predicted octanol–water partition coefficient (Wildman–Crippen LogP) is 1.91. The van der Waals surface area contributed by atoms with E-state index in [4.69, 9.17) is 5.26 Å². The van der Waals surface area contributed by atoms with Gasteiger partial charge in [0.25, 0.3) is 0 Å². The lowest BCUT2D eigenvalue weighted by Gasteiger charge is -2.11. The van der Waals surface area contributed by atoms with Crippen molar-refractivity contribution in [3.8, 4) is 6.07 Å². The fourth-order valence-electron chi connectivity index (χ4n) is 0.602. The molecule has 0 aliphatic rings. The topological polar surface area (TPSA) is 40.9 Å². The van der Waals surface area contributed by atoms with Crippen LogP contribution < -0.4 is 0 Å². The van der Waals surface area contributed by atoms with E-state index < -0.39 is 5.41 Å². The summed E-state index contributed by atoms with van der Waals surface area (Å²) in [6.45, 7) is 5.25. The van der Waals surface area contributed by atoms with Gasteiger partial charge in [-0.25, -0.2) is 0 Å². The third kappa shape index (κ3) is 2.18. The van der Waals surface area contributed by atoms with Gasteiger partial charge >= 0.3 is 0 Å². The monoisotopic (exact) mass is 139 g/mol. The van der Waals surface area contributed by atoms with Crippen LogP contribution in [0.25, 0.3) is 0 Å². The van der Waals surface area contributed by atoms with Gasteiger partial charge in [-0.2, -0.15) is 5.26 Å². The van der Waals surface area contributed by atoms with Gasteiger partial charge in [0, 0.05) is 6.42 Å². The molecular formula is C8H13NO. The number of rotatable bonds is 3. The molecule has 2 nitrogen and oxygen atoms in total. The fraction of sp³-hybridized carbons (Fsp3) is 0.750. The first-order valence-corrected chi connectivity index (χ1v) is 3.49. The Morgan fingerprint density at radius 2 is 2.10 bits per heavy atom. The molecule has 0 aliphatic heterocycles. The second kappa shape index (κ2) is 3.36. The Kier molecular flexibility index (Phi) is 3.08. The largest absolute Gasteiger partial charge is 0.298 e. The number of carbonyl (C=O) groups is 1. The molecule has 0 aromatic rings. The number of hydrogen-bond donors (Lipinski definition) is 0. The van der Waals surface area contributed by atoms with Crippen molar-refractivity contribution in [2.75, 3.05) is 0 Å². The van der Waals surface area contributed by atoms with Gasteiger partial charge in [-0.15, -0.1) is 0 Å². The van der Waals surface area contributed by atoms with E-state index in [0.717, 1.165) is 6.42 Å². The van der Waals surface area contributed by atoms with E-state index in [-0.39, 0.29) is 5.78 Å². The van der Waals surface area contributed by atoms with Crippen molar-refractivity contribution in [3.63, 3.8) is 0 Å². The number of hydrogen-bond acceptors (Lipinski definition) is 2. The first-order valence-electron chi connectivity index (χ1n) is 3.49. The van der Waals surface area contributed by atoms with Crippen molar-refractivity contribution < 1.29 is 4.79 Å². The Bertz CT molecular complexity index is 165. The zero-order valence-electron chi connectivity index (χ0n) is 6.77. The minimum absolute atomic E-state index is 0.0394. The molecule has 10 heavy (non-hydrogen) atoms. The molecule has 0 fully saturated rings. The average Bonchev–Trinajstić information content (AvgIpc) is 1.89. The van der Waals surface area contributed by atoms with E-state index in [1.807, 2.05) is 13.0 Å². The molecule has 0 saturated carbocycles. The van der Waals surface area contributed by atoms with Crippen molar-refractivity contribution in [2.24, 2.45) is 5.41 Å². The van der Waals surface area contributed by atoms with Crippen molar-refractivity contribution in [2.45, 2.75) is 33.6 Å². The standard InChI is InChI=1S/C8H13NO/c1-4-5-7(10)8(2,3)6-9/h4-5H2,1-3H3. The van der Waals surface area contributed by atoms with Crippen LogP contribution in [0.3, 0.4) is 0 Å². The maximum absolute atomic E-state index is 11.1. The van der Waals surface area contributed by atoms with E-state index in [0.29, 0.717) is 6.42 Å². The van der Waals surface area contributed by atoms with E-state index in [9.17, 15) is 4.79 Å². The summed E-state index contributed by atoms with van der Waals surface area (Å²) in [6.07, 6.45) is 1.34. The molecule has 0 aromatic carbocycles. The van der Waals surface area contributed by atoms with Crippen LogP contribution in [0.2, 0.25) is 0 Å². The molecule has 0 aromatic heterocycles. The van der Waals surface area contributed by atoms with Gasteiger partial charge in [-0.3, -0.25) is 4.79 Å². The van der Waals surface area contributed by atoms with E-state index >= 15 is 0 Å². The summed E-state index contributed by atoms with van der Waals surface area (Å²) in [5.74, 6) is 0.0394. The Morgan fingerprint density at radius 3 is 2.40 bits per heavy atom. The van der Waals surface area contributed by atoms with Crippen LogP contribution in [0.15, 0.2) is 0 Å². The van der Waals surface area contributed by atoms with Crippen LogP contribution >= 0.6 is 0 Å². The summed E-state index contributed by atoms with van der Waals surface area (Å²) in [4.78, 5) is 11.1. The van der Waals surface area contributed by atoms with Gasteiger partial charge in [0.15, 0.2) is 5.78 Å². The highest BCUT2D eigenvalue weighted by Gasteiger charge is 2.25. The highest BCUT2D eigenvalue weighted by Crippen LogP contribution is 2.17. The van der Waals surface area contributed by atoms with Gasteiger partial charge in [-0.1, -0.05) is 6.92 Å². The summed E-state index contributed by atoms with van der Waals surface area (Å²) in [6, 6.07) is 1.98. The van der Waals surface area contributed by atoms with Crippen molar-refractivity contribution in [3.05, 3.63) is 0 Å². The predicted molar refractivity (Wildman–Crippen MR) is 39.3 cm³/mol. The smallest absolute Gasteiger partial charge is 0.152 e. The van der Waals surface area contributed by atoms with Crippen molar-refractivity contribution >= 4 is 5.78 Å². The highest BCUT2D eigenvalue weighted by atomic mass is 16.1. The molecule has 0 atom stereocenters. The van der Waals surface area contributed by atoms with Crippen molar-refractivity contribution in [1.29, 1.82) is 5.26 Å². The number of Topliss-reactive ketones (excluding diaryl/α,β-unsaturated/α-hetero) is 1. The molecular weight excluding hydrogens is 126 g/mol. The van der Waals surface area contributed by atoms with Crippen LogP contribution in [0.4, 0.5) is 0 Å². The molecule has 0 amide bonds. The molecule has 56 valence electrons. The lowest BCUT2D eigenvalue weighted by molar-refractivity contribution is -0.124. The molecule has 0 heterocycles. The summed E-state index contributed by atoms with van der Waals surface area (Å²) >= 11 is 0. The van der Waals surface area contributed by atoms with E-state index in [2.05, 4.69) is 0 Å². The number of carbonyl (C=O) groups excluding carboxylic acids is 1. The number of ketones is 1. The molecule has 0 N–H and O–H groups in total.